The van der Waals surface area contributed by atoms with Crippen molar-refractivity contribution in [1.82, 2.24) is 0 Å². The highest BCUT2D eigenvalue weighted by Crippen LogP contribution is 2.27. The van der Waals surface area contributed by atoms with Crippen molar-refractivity contribution in [3.63, 3.8) is 0 Å². The Bertz CT molecular complexity index is 1140. The molecule has 0 aliphatic rings. The number of sulfone groups is 1. The van der Waals surface area contributed by atoms with Crippen LogP contribution in [0.1, 0.15) is 13.3 Å². The van der Waals surface area contributed by atoms with Gasteiger partial charge in [-0.1, -0.05) is 6.08 Å². The number of benzene rings is 1. The SMILES string of the molecule is C/C=C\C(=Nc1ccc(NC=O)c(S(=O)(=O)O)c1)C(CCS(C)(=O)=O)S(=O)(=O)O. The van der Waals surface area contributed by atoms with Crippen LogP contribution in [0, 0.1) is 0 Å². The van der Waals surface area contributed by atoms with Crippen molar-refractivity contribution in [1.29, 1.82) is 0 Å². The van der Waals surface area contributed by atoms with Gasteiger partial charge in [-0.2, -0.15) is 16.8 Å². The number of anilines is 1. The van der Waals surface area contributed by atoms with E-state index in [1.165, 1.54) is 25.1 Å². The van der Waals surface area contributed by atoms with E-state index in [4.69, 9.17) is 0 Å². The summed E-state index contributed by atoms with van der Waals surface area (Å²) in [5, 5.41) is 0.389. The van der Waals surface area contributed by atoms with Gasteiger partial charge in [0.15, 0.2) is 0 Å². The third kappa shape index (κ3) is 8.02. The van der Waals surface area contributed by atoms with Gasteiger partial charge in [0, 0.05) is 6.26 Å². The zero-order valence-electron chi connectivity index (χ0n) is 15.4. The Labute approximate surface area is 169 Å². The molecule has 162 valence electrons. The fraction of sp³-hybridized carbons (Fsp3) is 0.333. The Hall–Kier alpha value is -2.13. The molecule has 0 radical (unpaired) electrons. The van der Waals surface area contributed by atoms with Crippen LogP contribution in [0.3, 0.4) is 0 Å². The average molecular weight is 469 g/mol. The summed E-state index contributed by atoms with van der Waals surface area (Å²) < 4.78 is 88.3. The zero-order valence-corrected chi connectivity index (χ0v) is 17.8. The first-order valence-corrected chi connectivity index (χ1v) is 12.9. The number of hydrogen-bond acceptors (Lipinski definition) is 8. The number of hydrogen-bond donors (Lipinski definition) is 3. The normalized spacial score (nSPS) is 14.7. The summed E-state index contributed by atoms with van der Waals surface area (Å²) in [6, 6.07) is 3.21. The standard InChI is InChI=1S/C15H20N2O9S3/c1-3-4-13(14(28(21,22)23)7-8-27(2,19)20)17-11-5-6-12(16-10-18)15(9-11)29(24,25)26/h3-6,9-10,14H,7-8H2,1-2H3,(H,16,18)(H,21,22,23)(H,24,25,26)/b4-3-,17-13?. The van der Waals surface area contributed by atoms with E-state index in [0.717, 1.165) is 18.4 Å². The predicted octanol–water partition coefficient (Wildman–Crippen LogP) is 0.841. The van der Waals surface area contributed by atoms with Gasteiger partial charge < -0.3 is 5.32 Å². The molecule has 0 spiro atoms. The van der Waals surface area contributed by atoms with Crippen LogP contribution in [0.15, 0.2) is 40.2 Å². The summed E-state index contributed by atoms with van der Waals surface area (Å²) >= 11 is 0. The van der Waals surface area contributed by atoms with Gasteiger partial charge in [0.05, 0.1) is 22.8 Å². The monoisotopic (exact) mass is 468 g/mol. The Balaban J connectivity index is 3.59. The molecule has 29 heavy (non-hydrogen) atoms. The summed E-state index contributed by atoms with van der Waals surface area (Å²) in [5.74, 6) is -0.549. The summed E-state index contributed by atoms with van der Waals surface area (Å²) in [4.78, 5) is 13.9. The van der Waals surface area contributed by atoms with Gasteiger partial charge in [-0.3, -0.25) is 18.9 Å². The average Bonchev–Trinajstić information content (AvgIpc) is 2.53. The molecule has 0 fully saturated rings. The van der Waals surface area contributed by atoms with Crippen molar-refractivity contribution < 1.29 is 39.2 Å². The second-order valence-electron chi connectivity index (χ2n) is 5.88. The van der Waals surface area contributed by atoms with Gasteiger partial charge in [0.1, 0.15) is 20.0 Å². The Morgan fingerprint density at radius 3 is 2.24 bits per heavy atom. The van der Waals surface area contributed by atoms with E-state index >= 15 is 0 Å². The van der Waals surface area contributed by atoms with Crippen molar-refractivity contribution in [2.45, 2.75) is 23.5 Å². The number of rotatable bonds is 10. The molecule has 0 aliphatic carbocycles. The lowest BCUT2D eigenvalue weighted by molar-refractivity contribution is -0.105. The molecule has 3 N–H and O–H groups in total. The second-order valence-corrected chi connectivity index (χ2v) is 11.1. The van der Waals surface area contributed by atoms with Gasteiger partial charge in [-0.25, -0.2) is 8.42 Å². The van der Waals surface area contributed by atoms with Crippen LogP contribution in [0.5, 0.6) is 0 Å². The third-order valence-electron chi connectivity index (χ3n) is 3.49. The Morgan fingerprint density at radius 1 is 1.17 bits per heavy atom. The first-order valence-electron chi connectivity index (χ1n) is 7.86. The third-order valence-corrected chi connectivity index (χ3v) is 6.56. The molecule has 0 bridgehead atoms. The molecule has 1 atom stereocenters. The van der Waals surface area contributed by atoms with Gasteiger partial charge >= 0.3 is 0 Å². The predicted molar refractivity (Wildman–Crippen MR) is 108 cm³/mol. The van der Waals surface area contributed by atoms with E-state index < -0.39 is 52.4 Å². The molecule has 1 amide bonds. The van der Waals surface area contributed by atoms with Crippen LogP contribution in [0.2, 0.25) is 0 Å². The maximum Gasteiger partial charge on any atom is 0.296 e. The largest absolute Gasteiger partial charge is 0.327 e. The first-order chi connectivity index (χ1) is 13.2. The molecular weight excluding hydrogens is 448 g/mol. The molecular formula is C15H20N2O9S3. The minimum atomic E-state index is -4.76. The zero-order chi connectivity index (χ0) is 22.5. The van der Waals surface area contributed by atoms with E-state index in [2.05, 4.69) is 10.3 Å². The molecule has 0 aromatic heterocycles. The van der Waals surface area contributed by atoms with Crippen LogP contribution in [0.25, 0.3) is 0 Å². The van der Waals surface area contributed by atoms with E-state index in [-0.39, 0.29) is 23.5 Å². The van der Waals surface area contributed by atoms with E-state index in [9.17, 15) is 39.2 Å². The highest BCUT2D eigenvalue weighted by Gasteiger charge is 2.29. The minimum Gasteiger partial charge on any atom is -0.327 e. The number of allylic oxidation sites excluding steroid dienone is 2. The van der Waals surface area contributed by atoms with Crippen molar-refractivity contribution in [2.24, 2.45) is 4.99 Å². The lowest BCUT2D eigenvalue weighted by Crippen LogP contribution is -2.31. The van der Waals surface area contributed by atoms with Gasteiger partial charge in [0.25, 0.3) is 20.2 Å². The molecule has 1 aromatic carbocycles. The number of amides is 1. The smallest absolute Gasteiger partial charge is 0.296 e. The Morgan fingerprint density at radius 2 is 1.79 bits per heavy atom. The Kier molecular flexibility index (Phi) is 8.23. The lowest BCUT2D eigenvalue weighted by Gasteiger charge is -2.14. The van der Waals surface area contributed by atoms with Crippen LogP contribution >= 0.6 is 0 Å². The maximum atomic E-state index is 11.8. The van der Waals surface area contributed by atoms with Crippen molar-refractivity contribution in [2.75, 3.05) is 17.3 Å². The molecule has 1 unspecified atom stereocenters. The topological polar surface area (TPSA) is 184 Å². The maximum absolute atomic E-state index is 11.8. The first kappa shape index (κ1) is 24.9. The van der Waals surface area contributed by atoms with Gasteiger partial charge in [-0.05, 0) is 37.6 Å². The van der Waals surface area contributed by atoms with Gasteiger partial charge in [0.2, 0.25) is 6.41 Å². The number of nitrogens with one attached hydrogen (secondary N) is 1. The summed E-state index contributed by atoms with van der Waals surface area (Å²) in [7, 11) is -13.1. The number of aliphatic imine (C=N–C) groups is 1. The molecule has 11 nitrogen and oxygen atoms in total. The lowest BCUT2D eigenvalue weighted by atomic mass is 10.2. The molecule has 0 heterocycles. The summed E-state index contributed by atoms with van der Waals surface area (Å²) in [6.45, 7) is 1.52. The van der Waals surface area contributed by atoms with Crippen LogP contribution < -0.4 is 5.32 Å². The fourth-order valence-corrected chi connectivity index (χ4v) is 4.62. The molecule has 0 saturated heterocycles. The number of nitrogens with zero attached hydrogens (tertiary/aromatic N) is 1. The van der Waals surface area contributed by atoms with Crippen molar-refractivity contribution in [3.8, 4) is 0 Å². The molecule has 0 aliphatic heterocycles. The minimum absolute atomic E-state index is 0.129. The molecule has 1 aromatic rings. The molecule has 14 heteroatoms. The number of carbonyl (C=O) groups is 1. The van der Waals surface area contributed by atoms with Crippen LogP contribution in [0.4, 0.5) is 11.4 Å². The van der Waals surface area contributed by atoms with Crippen LogP contribution in [-0.4, -0.2) is 63.7 Å². The quantitative estimate of drug-likeness (QED) is 0.254. The van der Waals surface area contributed by atoms with E-state index in [0.29, 0.717) is 0 Å². The highest BCUT2D eigenvalue weighted by atomic mass is 32.2. The van der Waals surface area contributed by atoms with Crippen LogP contribution in [-0.2, 0) is 34.9 Å². The van der Waals surface area contributed by atoms with Gasteiger partial charge in [-0.15, -0.1) is 0 Å². The molecule has 0 saturated carbocycles. The summed E-state index contributed by atoms with van der Waals surface area (Å²) in [5.41, 5.74) is -0.622. The van der Waals surface area contributed by atoms with E-state index in [1.54, 1.807) is 0 Å². The molecule has 1 rings (SSSR count). The highest BCUT2D eigenvalue weighted by molar-refractivity contribution is 7.90. The summed E-state index contributed by atoms with van der Waals surface area (Å²) in [6.07, 6.45) is 3.21. The fourth-order valence-electron chi connectivity index (χ4n) is 2.28. The van der Waals surface area contributed by atoms with Crippen molar-refractivity contribution >= 4 is 53.6 Å². The number of carbonyl (C=O) groups excluding carboxylic acids is 1. The van der Waals surface area contributed by atoms with Crippen molar-refractivity contribution in [3.05, 3.63) is 30.4 Å². The second kappa shape index (κ2) is 9.58. The van der Waals surface area contributed by atoms with E-state index in [1.807, 2.05) is 0 Å².